The third-order valence-corrected chi connectivity index (χ3v) is 4.65. The van der Waals surface area contributed by atoms with Crippen molar-refractivity contribution >= 4 is 28.2 Å². The molecule has 1 aromatic rings. The van der Waals surface area contributed by atoms with Gasteiger partial charge in [0.25, 0.3) is 5.91 Å². The number of hydrogen-bond donors (Lipinski definition) is 2. The van der Waals surface area contributed by atoms with Crippen molar-refractivity contribution in [3.8, 4) is 0 Å². The predicted molar refractivity (Wildman–Crippen MR) is 85.3 cm³/mol. The molecule has 0 radical (unpaired) electrons. The number of thiophene rings is 1. The Morgan fingerprint density at radius 2 is 1.81 bits per heavy atom. The first-order valence-electron chi connectivity index (χ1n) is 7.34. The van der Waals surface area contributed by atoms with E-state index in [0.29, 0.717) is 23.7 Å². The van der Waals surface area contributed by atoms with Gasteiger partial charge in [0.15, 0.2) is 6.54 Å². The maximum atomic E-state index is 12.1. The lowest BCUT2D eigenvalue weighted by molar-refractivity contribution is -0.888. The van der Waals surface area contributed by atoms with E-state index in [-0.39, 0.29) is 11.9 Å². The van der Waals surface area contributed by atoms with Crippen LogP contribution in [0, 0.1) is 13.8 Å². The quantitative estimate of drug-likeness (QED) is 0.748. The van der Waals surface area contributed by atoms with Crippen LogP contribution in [0.25, 0.3) is 0 Å². The first-order valence-corrected chi connectivity index (χ1v) is 8.16. The van der Waals surface area contributed by atoms with E-state index in [1.807, 2.05) is 13.8 Å². The Kier molecular flexibility index (Phi) is 6.84. The molecule has 1 amide bonds. The van der Waals surface area contributed by atoms with Gasteiger partial charge < -0.3 is 15.0 Å². The van der Waals surface area contributed by atoms with Crippen molar-refractivity contribution in [1.82, 2.24) is 0 Å². The molecule has 0 fully saturated rings. The van der Waals surface area contributed by atoms with E-state index < -0.39 is 0 Å². The summed E-state index contributed by atoms with van der Waals surface area (Å²) in [4.78, 5) is 26.4. The molecular formula is C15H25N2O3S+. The van der Waals surface area contributed by atoms with E-state index in [4.69, 9.17) is 4.74 Å². The number of rotatable bonds is 7. The summed E-state index contributed by atoms with van der Waals surface area (Å²) in [5, 5.41) is 3.47. The fraction of sp³-hybridized carbons (Fsp3) is 0.600. The van der Waals surface area contributed by atoms with E-state index >= 15 is 0 Å². The van der Waals surface area contributed by atoms with Gasteiger partial charge in [-0.2, -0.15) is 0 Å². The molecule has 2 N–H and O–H groups in total. The Hall–Kier alpha value is -1.40. The van der Waals surface area contributed by atoms with Gasteiger partial charge in [0.05, 0.1) is 25.3 Å². The number of carbonyl (C=O) groups excluding carboxylic acids is 2. The number of likely N-dealkylation sites (N-methyl/N-ethyl adjacent to an activating group) is 1. The summed E-state index contributed by atoms with van der Waals surface area (Å²) < 4.78 is 5.08. The lowest BCUT2D eigenvalue weighted by Gasteiger charge is -2.14. The van der Waals surface area contributed by atoms with E-state index in [9.17, 15) is 9.59 Å². The van der Waals surface area contributed by atoms with Crippen molar-refractivity contribution in [2.75, 3.05) is 31.6 Å². The molecule has 21 heavy (non-hydrogen) atoms. The second-order valence-electron chi connectivity index (χ2n) is 4.89. The fourth-order valence-corrected chi connectivity index (χ4v) is 3.13. The van der Waals surface area contributed by atoms with E-state index in [0.717, 1.165) is 23.5 Å². The van der Waals surface area contributed by atoms with Crippen LogP contribution in [0.3, 0.4) is 0 Å². The first kappa shape index (κ1) is 17.7. The van der Waals surface area contributed by atoms with Gasteiger partial charge in [-0.25, -0.2) is 4.79 Å². The normalized spacial score (nSPS) is 10.8. The van der Waals surface area contributed by atoms with Crippen molar-refractivity contribution in [2.24, 2.45) is 0 Å². The summed E-state index contributed by atoms with van der Waals surface area (Å²) >= 11 is 1.42. The lowest BCUT2D eigenvalue weighted by Crippen LogP contribution is -3.12. The minimum absolute atomic E-state index is 0.0690. The summed E-state index contributed by atoms with van der Waals surface area (Å²) in [5.74, 6) is -0.440. The molecule has 0 aliphatic heterocycles. The minimum Gasteiger partial charge on any atom is -0.462 e. The van der Waals surface area contributed by atoms with Gasteiger partial charge in [-0.3, -0.25) is 4.79 Å². The van der Waals surface area contributed by atoms with Crippen molar-refractivity contribution in [1.29, 1.82) is 0 Å². The Labute approximate surface area is 130 Å². The van der Waals surface area contributed by atoms with Crippen molar-refractivity contribution in [3.63, 3.8) is 0 Å². The number of esters is 1. The second-order valence-corrected chi connectivity index (χ2v) is 6.11. The van der Waals surface area contributed by atoms with Crippen molar-refractivity contribution < 1.29 is 19.2 Å². The van der Waals surface area contributed by atoms with Crippen LogP contribution in [0.5, 0.6) is 0 Å². The number of anilines is 1. The fourth-order valence-electron chi connectivity index (χ4n) is 2.06. The van der Waals surface area contributed by atoms with Crippen LogP contribution >= 0.6 is 11.3 Å². The zero-order chi connectivity index (χ0) is 16.0. The third-order valence-electron chi connectivity index (χ3n) is 3.53. The summed E-state index contributed by atoms with van der Waals surface area (Å²) in [6.45, 7) is 12.2. The average molecular weight is 313 g/mol. The highest BCUT2D eigenvalue weighted by atomic mass is 32.1. The highest BCUT2D eigenvalue weighted by molar-refractivity contribution is 7.16. The average Bonchev–Trinajstić information content (AvgIpc) is 2.71. The molecule has 0 bridgehead atoms. The number of hydrogen-bond acceptors (Lipinski definition) is 4. The molecule has 0 unspecified atom stereocenters. The van der Waals surface area contributed by atoms with E-state index in [1.165, 1.54) is 16.2 Å². The number of nitrogens with one attached hydrogen (secondary N) is 2. The summed E-state index contributed by atoms with van der Waals surface area (Å²) in [7, 11) is 0. The van der Waals surface area contributed by atoms with Crippen LogP contribution < -0.4 is 10.2 Å². The zero-order valence-electron chi connectivity index (χ0n) is 13.5. The molecule has 0 atom stereocenters. The van der Waals surface area contributed by atoms with E-state index in [1.54, 1.807) is 6.92 Å². The Balaban J connectivity index is 2.90. The Bertz CT molecular complexity index is 507. The molecule has 0 aliphatic rings. The smallest absolute Gasteiger partial charge is 0.341 e. The SMILES string of the molecule is CCOC(=O)c1c(NC(=O)C[NH+](CC)CC)sc(C)c1C. The van der Waals surface area contributed by atoms with Gasteiger partial charge in [-0.05, 0) is 40.2 Å². The van der Waals surface area contributed by atoms with Crippen molar-refractivity contribution in [3.05, 3.63) is 16.0 Å². The number of amides is 1. The summed E-state index contributed by atoms with van der Waals surface area (Å²) in [5.41, 5.74) is 1.37. The molecule has 1 heterocycles. The minimum atomic E-state index is -0.371. The molecule has 118 valence electrons. The number of quaternary nitrogens is 1. The van der Waals surface area contributed by atoms with Crippen LogP contribution in [-0.2, 0) is 9.53 Å². The number of ether oxygens (including phenoxy) is 1. The molecular weight excluding hydrogens is 288 g/mol. The monoisotopic (exact) mass is 313 g/mol. The van der Waals surface area contributed by atoms with Gasteiger partial charge in [0, 0.05) is 4.88 Å². The van der Waals surface area contributed by atoms with Crippen LogP contribution in [0.1, 0.15) is 41.6 Å². The molecule has 0 aromatic carbocycles. The van der Waals surface area contributed by atoms with Crippen LogP contribution in [0.15, 0.2) is 0 Å². The predicted octanol–water partition coefficient (Wildman–Crippen LogP) is 1.40. The lowest BCUT2D eigenvalue weighted by atomic mass is 10.1. The van der Waals surface area contributed by atoms with Gasteiger partial charge in [-0.1, -0.05) is 0 Å². The Morgan fingerprint density at radius 1 is 1.19 bits per heavy atom. The summed E-state index contributed by atoms with van der Waals surface area (Å²) in [6.07, 6.45) is 0. The molecule has 1 rings (SSSR count). The third kappa shape index (κ3) is 4.54. The van der Waals surface area contributed by atoms with Crippen molar-refractivity contribution in [2.45, 2.75) is 34.6 Å². The van der Waals surface area contributed by atoms with E-state index in [2.05, 4.69) is 19.2 Å². The summed E-state index contributed by atoms with van der Waals surface area (Å²) in [6, 6.07) is 0. The maximum absolute atomic E-state index is 12.1. The first-order chi connectivity index (χ1) is 9.94. The molecule has 0 saturated heterocycles. The number of carbonyl (C=O) groups is 2. The van der Waals surface area contributed by atoms with Gasteiger partial charge in [0.2, 0.25) is 0 Å². The molecule has 0 spiro atoms. The highest BCUT2D eigenvalue weighted by Gasteiger charge is 2.22. The molecule has 5 nitrogen and oxygen atoms in total. The zero-order valence-corrected chi connectivity index (χ0v) is 14.3. The Morgan fingerprint density at radius 3 is 2.33 bits per heavy atom. The van der Waals surface area contributed by atoms with Gasteiger partial charge in [0.1, 0.15) is 5.00 Å². The maximum Gasteiger partial charge on any atom is 0.341 e. The molecule has 0 saturated carbocycles. The molecule has 6 heteroatoms. The van der Waals surface area contributed by atoms with Gasteiger partial charge >= 0.3 is 5.97 Å². The second kappa shape index (κ2) is 8.14. The van der Waals surface area contributed by atoms with Crippen LogP contribution in [0.2, 0.25) is 0 Å². The number of aryl methyl sites for hydroxylation is 1. The van der Waals surface area contributed by atoms with Gasteiger partial charge in [-0.15, -0.1) is 11.3 Å². The molecule has 0 aliphatic carbocycles. The van der Waals surface area contributed by atoms with Crippen LogP contribution in [0.4, 0.5) is 5.00 Å². The largest absolute Gasteiger partial charge is 0.462 e. The standard InChI is InChI=1S/C15H24N2O3S/c1-6-17(7-2)9-12(18)16-14-13(15(19)20-8-3)10(4)11(5)21-14/h6-9H2,1-5H3,(H,16,18)/p+1. The topological polar surface area (TPSA) is 59.8 Å². The van der Waals surface area contributed by atoms with Crippen LogP contribution in [-0.4, -0.2) is 38.1 Å². The molecule has 1 aromatic heterocycles. The highest BCUT2D eigenvalue weighted by Crippen LogP contribution is 2.32.